The molecule has 1 N–H and O–H groups in total. The van der Waals surface area contributed by atoms with Crippen LogP contribution in [-0.4, -0.2) is 42.9 Å². The maximum Gasteiger partial charge on any atom is 0.245 e. The maximum atomic E-state index is 11.7. The molecule has 0 saturated heterocycles. The van der Waals surface area contributed by atoms with Gasteiger partial charge >= 0.3 is 0 Å². The number of aromatic nitrogens is 1. The number of hydrogen-bond acceptors (Lipinski definition) is 5. The first-order chi connectivity index (χ1) is 14.1. The number of aryl methyl sites for hydroxylation is 1. The van der Waals surface area contributed by atoms with Gasteiger partial charge in [-0.2, -0.15) is 0 Å². The first-order valence-corrected chi connectivity index (χ1v) is 11.4. The summed E-state index contributed by atoms with van der Waals surface area (Å²) in [6.45, 7) is 0. The molecule has 3 aromatic rings. The van der Waals surface area contributed by atoms with Crippen molar-refractivity contribution < 1.29 is 18.4 Å². The molecule has 0 aliphatic rings. The molecule has 0 radical (unpaired) electrons. The van der Waals surface area contributed by atoms with Gasteiger partial charge in [0.2, 0.25) is 5.91 Å². The number of carbonyl (C=O) groups excluding carboxylic acids is 1. The molecular weight excluding hydrogens is 424 g/mol. The summed E-state index contributed by atoms with van der Waals surface area (Å²) in [5, 5.41) is 10.4. The van der Waals surface area contributed by atoms with Crippen LogP contribution < -0.4 is 0 Å². The Hall–Kier alpha value is -2.74. The molecule has 1 amide bonds. The molecule has 1 aromatic heterocycles. The molecule has 30 heavy (non-hydrogen) atoms. The van der Waals surface area contributed by atoms with Crippen LogP contribution in [0, 0.1) is 0 Å². The molecule has 0 fully saturated rings. The lowest BCUT2D eigenvalue weighted by Gasteiger charge is -2.13. The molecule has 0 bridgehead atoms. The molecule has 0 atom stereocenters. The van der Waals surface area contributed by atoms with Crippen LogP contribution in [0.15, 0.2) is 65.7 Å². The zero-order chi connectivity index (χ0) is 21.9. The number of halogens is 1. The van der Waals surface area contributed by atoms with Crippen molar-refractivity contribution in [2.45, 2.75) is 17.7 Å². The molecule has 0 saturated carbocycles. The Balaban J connectivity index is 2.03. The van der Waals surface area contributed by atoms with Gasteiger partial charge in [0, 0.05) is 42.1 Å². The van der Waals surface area contributed by atoms with E-state index in [4.69, 9.17) is 11.6 Å². The predicted molar refractivity (Wildman–Crippen MR) is 116 cm³/mol. The van der Waals surface area contributed by atoms with Crippen LogP contribution in [0.25, 0.3) is 22.4 Å². The monoisotopic (exact) mass is 444 g/mol. The van der Waals surface area contributed by atoms with Crippen LogP contribution in [0.3, 0.4) is 0 Å². The van der Waals surface area contributed by atoms with Crippen molar-refractivity contribution in [3.63, 3.8) is 0 Å². The summed E-state index contributed by atoms with van der Waals surface area (Å²) in [4.78, 5) is 16.5. The Morgan fingerprint density at radius 2 is 1.67 bits per heavy atom. The van der Waals surface area contributed by atoms with E-state index in [0.717, 1.165) is 22.3 Å². The molecular formula is C22H21ClN2O4S. The molecule has 3 rings (SSSR count). The smallest absolute Gasteiger partial charge is 0.245 e. The van der Waals surface area contributed by atoms with Gasteiger partial charge in [-0.05, 0) is 47.9 Å². The van der Waals surface area contributed by atoms with Crippen molar-refractivity contribution in [3.8, 4) is 22.4 Å². The van der Waals surface area contributed by atoms with E-state index >= 15 is 0 Å². The van der Waals surface area contributed by atoms with Crippen molar-refractivity contribution in [2.75, 3.05) is 13.3 Å². The predicted octanol–water partition coefficient (Wildman–Crippen LogP) is 4.25. The van der Waals surface area contributed by atoms with E-state index in [0.29, 0.717) is 22.2 Å². The summed E-state index contributed by atoms with van der Waals surface area (Å²) < 4.78 is 23.5. The Kier molecular flexibility index (Phi) is 6.55. The highest BCUT2D eigenvalue weighted by Crippen LogP contribution is 2.32. The summed E-state index contributed by atoms with van der Waals surface area (Å²) in [6, 6.07) is 15.8. The first-order valence-electron chi connectivity index (χ1n) is 9.16. The number of benzene rings is 2. The lowest BCUT2D eigenvalue weighted by atomic mass is 9.97. The fraction of sp³-hybridized carbons (Fsp3) is 0.182. The van der Waals surface area contributed by atoms with Crippen molar-refractivity contribution in [3.05, 3.63) is 71.4 Å². The number of amides is 1. The number of hydroxylamine groups is 2. The van der Waals surface area contributed by atoms with Gasteiger partial charge in [-0.1, -0.05) is 35.9 Å². The Bertz CT molecular complexity index is 1160. The van der Waals surface area contributed by atoms with E-state index < -0.39 is 9.84 Å². The lowest BCUT2D eigenvalue weighted by Crippen LogP contribution is -2.22. The van der Waals surface area contributed by atoms with E-state index in [-0.39, 0.29) is 17.2 Å². The summed E-state index contributed by atoms with van der Waals surface area (Å²) in [7, 11) is -1.99. The van der Waals surface area contributed by atoms with Gasteiger partial charge in [-0.15, -0.1) is 0 Å². The third kappa shape index (κ3) is 5.24. The van der Waals surface area contributed by atoms with Gasteiger partial charge < -0.3 is 0 Å². The van der Waals surface area contributed by atoms with E-state index in [1.54, 1.807) is 42.6 Å². The summed E-state index contributed by atoms with van der Waals surface area (Å²) in [6.07, 6.45) is 3.42. The minimum absolute atomic E-state index is 0.150. The maximum absolute atomic E-state index is 11.7. The minimum atomic E-state index is -3.29. The second-order valence-electron chi connectivity index (χ2n) is 6.96. The Morgan fingerprint density at radius 3 is 2.23 bits per heavy atom. The zero-order valence-electron chi connectivity index (χ0n) is 16.5. The van der Waals surface area contributed by atoms with Crippen LogP contribution in [0.5, 0.6) is 0 Å². The van der Waals surface area contributed by atoms with Crippen molar-refractivity contribution in [1.82, 2.24) is 10.0 Å². The van der Waals surface area contributed by atoms with Crippen molar-refractivity contribution in [1.29, 1.82) is 0 Å². The fourth-order valence-corrected chi connectivity index (χ4v) is 3.75. The minimum Gasteiger partial charge on any atom is -0.286 e. The summed E-state index contributed by atoms with van der Waals surface area (Å²) in [5.74, 6) is -0.386. The average molecular weight is 445 g/mol. The van der Waals surface area contributed by atoms with Crippen molar-refractivity contribution >= 4 is 27.3 Å². The number of carbonyl (C=O) groups is 1. The number of sulfone groups is 1. The first kappa shape index (κ1) is 22.0. The third-order valence-corrected chi connectivity index (χ3v) is 6.02. The largest absolute Gasteiger partial charge is 0.286 e. The SMILES string of the molecule is CN(O)C(=O)CCc1cnc(-c2ccc(S(C)(=O)=O)cc2)c(-c2ccc(Cl)cc2)c1. The molecule has 0 spiro atoms. The Morgan fingerprint density at radius 1 is 1.07 bits per heavy atom. The average Bonchev–Trinajstić information content (AvgIpc) is 2.72. The van der Waals surface area contributed by atoms with Gasteiger partial charge in [0.05, 0.1) is 10.6 Å². The fourth-order valence-electron chi connectivity index (χ4n) is 3.00. The molecule has 0 unspecified atom stereocenters. The van der Waals surface area contributed by atoms with Crippen LogP contribution in [0.1, 0.15) is 12.0 Å². The van der Waals surface area contributed by atoms with Gasteiger partial charge in [0.25, 0.3) is 0 Å². The molecule has 2 aromatic carbocycles. The van der Waals surface area contributed by atoms with Crippen LogP contribution >= 0.6 is 11.6 Å². The Labute approximate surface area is 180 Å². The normalized spacial score (nSPS) is 11.3. The second-order valence-corrected chi connectivity index (χ2v) is 9.41. The topological polar surface area (TPSA) is 87.6 Å². The van der Waals surface area contributed by atoms with E-state index in [1.165, 1.54) is 13.3 Å². The zero-order valence-corrected chi connectivity index (χ0v) is 18.1. The summed E-state index contributed by atoms with van der Waals surface area (Å²) >= 11 is 6.02. The van der Waals surface area contributed by atoms with E-state index in [1.807, 2.05) is 18.2 Å². The number of nitrogens with zero attached hydrogens (tertiary/aromatic N) is 2. The molecule has 156 valence electrons. The van der Waals surface area contributed by atoms with Crippen molar-refractivity contribution in [2.24, 2.45) is 0 Å². The molecule has 6 nitrogen and oxygen atoms in total. The third-order valence-electron chi connectivity index (χ3n) is 4.64. The van der Waals surface area contributed by atoms with Gasteiger partial charge in [0.15, 0.2) is 9.84 Å². The molecule has 8 heteroatoms. The highest BCUT2D eigenvalue weighted by Gasteiger charge is 2.14. The lowest BCUT2D eigenvalue weighted by molar-refractivity contribution is -0.159. The van der Waals surface area contributed by atoms with Crippen LogP contribution in [-0.2, 0) is 21.1 Å². The molecule has 1 heterocycles. The summed E-state index contributed by atoms with van der Waals surface area (Å²) in [5.41, 5.74) is 4.02. The number of pyridine rings is 1. The number of rotatable bonds is 6. The van der Waals surface area contributed by atoms with Gasteiger partial charge in [-0.25, -0.2) is 13.5 Å². The quantitative estimate of drug-likeness (QED) is 0.453. The standard InChI is InChI=1S/C22H21ClN2O4S/c1-25(27)21(26)12-3-15-13-20(16-4-8-18(23)9-5-16)22(24-14-15)17-6-10-19(11-7-17)30(2,28)29/h4-11,13-14,27H,3,12H2,1-2H3. The molecule has 0 aliphatic heterocycles. The van der Waals surface area contributed by atoms with E-state index in [9.17, 15) is 18.4 Å². The number of hydrogen-bond donors (Lipinski definition) is 1. The van der Waals surface area contributed by atoms with E-state index in [2.05, 4.69) is 4.98 Å². The van der Waals surface area contributed by atoms with Crippen LogP contribution in [0.2, 0.25) is 5.02 Å². The second kappa shape index (κ2) is 8.95. The van der Waals surface area contributed by atoms with Gasteiger partial charge in [-0.3, -0.25) is 15.0 Å². The van der Waals surface area contributed by atoms with Gasteiger partial charge in [0.1, 0.15) is 0 Å². The molecule has 0 aliphatic carbocycles. The van der Waals surface area contributed by atoms with Crippen LogP contribution in [0.4, 0.5) is 0 Å². The highest BCUT2D eigenvalue weighted by molar-refractivity contribution is 7.90. The highest BCUT2D eigenvalue weighted by atomic mass is 35.5.